The van der Waals surface area contributed by atoms with E-state index in [2.05, 4.69) is 9.97 Å². The van der Waals surface area contributed by atoms with E-state index < -0.39 is 5.82 Å². The number of hydrogen-bond acceptors (Lipinski definition) is 4. The van der Waals surface area contributed by atoms with Crippen LogP contribution in [-0.4, -0.2) is 17.1 Å². The van der Waals surface area contributed by atoms with Gasteiger partial charge in [-0.25, -0.2) is 9.37 Å². The number of aromatic nitrogens is 2. The molecule has 94 valence electrons. The summed E-state index contributed by atoms with van der Waals surface area (Å²) >= 11 is 11.4. The smallest absolute Gasteiger partial charge is 0.267 e. The van der Waals surface area contributed by atoms with Crippen molar-refractivity contribution in [2.24, 2.45) is 0 Å². The molecule has 0 aliphatic heterocycles. The van der Waals surface area contributed by atoms with Crippen LogP contribution in [0.2, 0.25) is 10.2 Å². The molecule has 0 bridgehead atoms. The lowest BCUT2D eigenvalue weighted by molar-refractivity contribution is 0.366. The Morgan fingerprint density at radius 2 is 2.00 bits per heavy atom. The largest absolute Gasteiger partial charge is 0.489 e. The van der Waals surface area contributed by atoms with Gasteiger partial charge >= 0.3 is 0 Å². The summed E-state index contributed by atoms with van der Waals surface area (Å²) in [6.07, 6.45) is 1.21. The Labute approximate surface area is 112 Å². The number of rotatable bonds is 3. The van der Waals surface area contributed by atoms with Crippen LogP contribution in [0, 0.1) is 5.82 Å². The summed E-state index contributed by atoms with van der Waals surface area (Å²) in [6.45, 7) is 0. The van der Waals surface area contributed by atoms with Crippen molar-refractivity contribution in [3.05, 3.63) is 40.5 Å². The number of halogens is 3. The van der Waals surface area contributed by atoms with Gasteiger partial charge in [-0.15, -0.1) is 0 Å². The van der Waals surface area contributed by atoms with Crippen molar-refractivity contribution in [2.45, 2.75) is 0 Å². The minimum Gasteiger partial charge on any atom is -0.489 e. The van der Waals surface area contributed by atoms with E-state index >= 15 is 0 Å². The van der Waals surface area contributed by atoms with E-state index in [0.717, 1.165) is 6.07 Å². The first-order valence-corrected chi connectivity index (χ1v) is 5.55. The van der Waals surface area contributed by atoms with Crippen LogP contribution >= 0.6 is 23.2 Å². The second-order valence-electron chi connectivity index (χ2n) is 3.18. The zero-order chi connectivity index (χ0) is 13.1. The molecule has 18 heavy (non-hydrogen) atoms. The zero-order valence-corrected chi connectivity index (χ0v) is 10.7. The third kappa shape index (κ3) is 2.63. The van der Waals surface area contributed by atoms with Crippen LogP contribution in [0.15, 0.2) is 24.5 Å². The van der Waals surface area contributed by atoms with Crippen molar-refractivity contribution >= 4 is 23.2 Å². The maximum Gasteiger partial charge on any atom is 0.267 e. The van der Waals surface area contributed by atoms with Crippen molar-refractivity contribution in [2.75, 3.05) is 7.11 Å². The minimum atomic E-state index is -0.590. The van der Waals surface area contributed by atoms with Crippen LogP contribution in [0.3, 0.4) is 0 Å². The summed E-state index contributed by atoms with van der Waals surface area (Å²) in [5, 5.41) is 0.118. The Hall–Kier alpha value is -1.59. The predicted octanol–water partition coefficient (Wildman–Crippen LogP) is 3.72. The molecule has 1 heterocycles. The fraction of sp³-hybridized carbons (Fsp3) is 0.0909. The van der Waals surface area contributed by atoms with Crippen molar-refractivity contribution in [3.63, 3.8) is 0 Å². The molecule has 0 saturated carbocycles. The second kappa shape index (κ2) is 5.37. The van der Waals surface area contributed by atoms with Crippen molar-refractivity contribution in [3.8, 4) is 17.4 Å². The average Bonchev–Trinajstić information content (AvgIpc) is 2.34. The predicted molar refractivity (Wildman–Crippen MR) is 65.1 cm³/mol. The van der Waals surface area contributed by atoms with Crippen molar-refractivity contribution in [1.29, 1.82) is 0 Å². The summed E-state index contributed by atoms with van der Waals surface area (Å²) in [7, 11) is 1.40. The number of ether oxygens (including phenoxy) is 2. The first kappa shape index (κ1) is 12.9. The summed E-state index contributed by atoms with van der Waals surface area (Å²) in [5.41, 5.74) is 0. The molecule has 2 aromatic rings. The lowest BCUT2D eigenvalue weighted by Gasteiger charge is -2.09. The molecular weight excluding hydrogens is 282 g/mol. The van der Waals surface area contributed by atoms with Crippen LogP contribution in [-0.2, 0) is 0 Å². The quantitative estimate of drug-likeness (QED) is 0.808. The molecule has 0 atom stereocenters. The lowest BCUT2D eigenvalue weighted by atomic mass is 10.3. The molecule has 1 aromatic carbocycles. The van der Waals surface area contributed by atoms with E-state index in [1.165, 1.54) is 25.6 Å². The minimum absolute atomic E-state index is 0.00929. The Balaban J connectivity index is 2.34. The fourth-order valence-corrected chi connectivity index (χ4v) is 1.55. The summed E-state index contributed by atoms with van der Waals surface area (Å²) in [6, 6.07) is 4.01. The van der Waals surface area contributed by atoms with E-state index in [9.17, 15) is 4.39 Å². The van der Waals surface area contributed by atoms with Gasteiger partial charge in [-0.2, -0.15) is 4.98 Å². The molecule has 0 amide bonds. The van der Waals surface area contributed by atoms with Gasteiger partial charge < -0.3 is 9.47 Å². The van der Waals surface area contributed by atoms with Gasteiger partial charge in [-0.3, -0.25) is 0 Å². The second-order valence-corrected chi connectivity index (χ2v) is 3.95. The van der Waals surface area contributed by atoms with E-state index in [1.54, 1.807) is 0 Å². The molecule has 0 spiro atoms. The normalized spacial score (nSPS) is 10.2. The number of nitrogens with zero attached hydrogens (tertiary/aromatic N) is 2. The highest BCUT2D eigenvalue weighted by atomic mass is 35.5. The van der Waals surface area contributed by atoms with Gasteiger partial charge in [0.25, 0.3) is 5.88 Å². The molecular formula is C11H7Cl2FN2O2. The molecule has 0 unspecified atom stereocenters. The zero-order valence-electron chi connectivity index (χ0n) is 9.15. The van der Waals surface area contributed by atoms with E-state index in [0.29, 0.717) is 0 Å². The lowest BCUT2D eigenvalue weighted by Crippen LogP contribution is -1.96. The Morgan fingerprint density at radius 3 is 2.67 bits per heavy atom. The van der Waals surface area contributed by atoms with Gasteiger partial charge in [-0.1, -0.05) is 23.2 Å². The standard InChI is InChI=1S/C11H7Cl2FN2O2/c1-17-9-10(13)15-5-16-11(9)18-6-2-3-7(12)8(14)4-6/h2-5H,1H3. The van der Waals surface area contributed by atoms with Crippen LogP contribution in [0.25, 0.3) is 0 Å². The highest BCUT2D eigenvalue weighted by Crippen LogP contribution is 2.34. The van der Waals surface area contributed by atoms with Gasteiger partial charge in [0, 0.05) is 6.07 Å². The summed E-state index contributed by atoms with van der Waals surface area (Å²) in [4.78, 5) is 7.60. The fourth-order valence-electron chi connectivity index (χ4n) is 1.23. The Bertz CT molecular complexity index is 581. The Kier molecular flexibility index (Phi) is 3.84. The number of hydrogen-bond donors (Lipinski definition) is 0. The molecule has 0 saturated heterocycles. The van der Waals surface area contributed by atoms with Gasteiger partial charge in [-0.05, 0) is 12.1 Å². The van der Waals surface area contributed by atoms with E-state index in [1.807, 2.05) is 0 Å². The number of benzene rings is 1. The SMILES string of the molecule is COc1c(Cl)ncnc1Oc1ccc(Cl)c(F)c1. The summed E-state index contributed by atoms with van der Waals surface area (Å²) < 4.78 is 23.6. The van der Waals surface area contributed by atoms with Crippen LogP contribution in [0.5, 0.6) is 17.4 Å². The first-order valence-electron chi connectivity index (χ1n) is 4.79. The molecule has 0 radical (unpaired) electrons. The molecule has 0 N–H and O–H groups in total. The molecule has 0 aliphatic carbocycles. The van der Waals surface area contributed by atoms with Crippen molar-refractivity contribution < 1.29 is 13.9 Å². The molecule has 2 rings (SSSR count). The van der Waals surface area contributed by atoms with Crippen LogP contribution in [0.4, 0.5) is 4.39 Å². The third-order valence-electron chi connectivity index (χ3n) is 2.04. The third-order valence-corrected chi connectivity index (χ3v) is 2.61. The van der Waals surface area contributed by atoms with Crippen LogP contribution in [0.1, 0.15) is 0 Å². The molecule has 0 fully saturated rings. The number of methoxy groups -OCH3 is 1. The van der Waals surface area contributed by atoms with Gasteiger partial charge in [0.05, 0.1) is 12.1 Å². The maximum absolute atomic E-state index is 13.2. The van der Waals surface area contributed by atoms with E-state index in [4.69, 9.17) is 32.7 Å². The van der Waals surface area contributed by atoms with Gasteiger partial charge in [0.15, 0.2) is 5.15 Å². The van der Waals surface area contributed by atoms with Crippen LogP contribution < -0.4 is 9.47 Å². The molecule has 7 heteroatoms. The highest BCUT2D eigenvalue weighted by Gasteiger charge is 2.13. The average molecular weight is 289 g/mol. The first-order chi connectivity index (χ1) is 8.61. The maximum atomic E-state index is 13.2. The molecule has 4 nitrogen and oxygen atoms in total. The van der Waals surface area contributed by atoms with E-state index in [-0.39, 0.29) is 27.6 Å². The topological polar surface area (TPSA) is 44.2 Å². The van der Waals surface area contributed by atoms with Crippen molar-refractivity contribution in [1.82, 2.24) is 9.97 Å². The molecule has 0 aliphatic rings. The molecule has 1 aromatic heterocycles. The van der Waals surface area contributed by atoms with Gasteiger partial charge in [0.2, 0.25) is 5.75 Å². The highest BCUT2D eigenvalue weighted by molar-refractivity contribution is 6.31. The summed E-state index contributed by atoms with van der Waals surface area (Å²) in [5.74, 6) is -0.0907. The Morgan fingerprint density at radius 1 is 1.22 bits per heavy atom. The van der Waals surface area contributed by atoms with Gasteiger partial charge in [0.1, 0.15) is 17.9 Å². The monoisotopic (exact) mass is 288 g/mol.